The van der Waals surface area contributed by atoms with E-state index < -0.39 is 0 Å². The zero-order valence-electron chi connectivity index (χ0n) is 8.57. The van der Waals surface area contributed by atoms with E-state index >= 15 is 0 Å². The highest BCUT2D eigenvalue weighted by molar-refractivity contribution is 6.19. The largest absolute Gasteiger partial charge is 0.253 e. The molecule has 0 aliphatic carbocycles. The van der Waals surface area contributed by atoms with Gasteiger partial charge in [-0.05, 0) is 30.7 Å². The summed E-state index contributed by atoms with van der Waals surface area (Å²) in [6.07, 6.45) is 3.95. The molecule has 1 heterocycles. The molecular formula is C13H12ClN. The third kappa shape index (κ3) is 2.37. The summed E-state index contributed by atoms with van der Waals surface area (Å²) in [5.41, 5.74) is 3.25. The van der Waals surface area contributed by atoms with Crippen molar-refractivity contribution in [3.63, 3.8) is 0 Å². The Hall–Kier alpha value is -1.34. The zero-order valence-corrected chi connectivity index (χ0v) is 9.33. The summed E-state index contributed by atoms with van der Waals surface area (Å²) < 4.78 is 0. The lowest BCUT2D eigenvalue weighted by Gasteiger charge is -2.00. The lowest BCUT2D eigenvalue weighted by molar-refractivity contribution is 1.26. The Labute approximate surface area is 94.4 Å². The number of alkyl halides is 1. The molecule has 2 rings (SSSR count). The maximum absolute atomic E-state index is 5.59. The molecule has 2 heteroatoms. The number of nitrogens with zero attached hydrogens (tertiary/aromatic N) is 1. The summed E-state index contributed by atoms with van der Waals surface area (Å²) in [5, 5.41) is 1.16. The molecule has 0 fully saturated rings. The second-order valence-corrected chi connectivity index (χ2v) is 3.77. The fourth-order valence-electron chi connectivity index (χ4n) is 1.53. The topological polar surface area (TPSA) is 12.9 Å². The predicted molar refractivity (Wildman–Crippen MR) is 66.2 cm³/mol. The van der Waals surface area contributed by atoms with E-state index in [0.717, 1.165) is 22.2 Å². The standard InChI is InChI=1S/C13H12ClN/c1-10-4-6-12-9-11(3-2-8-14)5-7-13(12)15-10/h2-7,9H,8H2,1H3/b3-2+. The first-order valence-corrected chi connectivity index (χ1v) is 5.43. The van der Waals surface area contributed by atoms with Gasteiger partial charge in [-0.3, -0.25) is 4.98 Å². The molecule has 0 aliphatic heterocycles. The molecule has 0 saturated heterocycles. The maximum Gasteiger partial charge on any atom is 0.0705 e. The maximum atomic E-state index is 5.59. The van der Waals surface area contributed by atoms with Crippen LogP contribution in [-0.4, -0.2) is 10.9 Å². The van der Waals surface area contributed by atoms with E-state index in [-0.39, 0.29) is 0 Å². The van der Waals surface area contributed by atoms with Crippen LogP contribution in [0.3, 0.4) is 0 Å². The first-order valence-electron chi connectivity index (χ1n) is 4.89. The minimum atomic E-state index is 0.546. The van der Waals surface area contributed by atoms with Crippen molar-refractivity contribution in [2.75, 3.05) is 5.88 Å². The normalized spacial score (nSPS) is 11.3. The lowest BCUT2D eigenvalue weighted by atomic mass is 10.1. The van der Waals surface area contributed by atoms with Crippen molar-refractivity contribution < 1.29 is 0 Å². The summed E-state index contributed by atoms with van der Waals surface area (Å²) in [7, 11) is 0. The van der Waals surface area contributed by atoms with Gasteiger partial charge in [-0.1, -0.05) is 24.3 Å². The number of pyridine rings is 1. The number of allylic oxidation sites excluding steroid dienone is 1. The second kappa shape index (κ2) is 4.45. The van der Waals surface area contributed by atoms with Crippen LogP contribution in [0.1, 0.15) is 11.3 Å². The Bertz CT molecular complexity index is 503. The minimum absolute atomic E-state index is 0.546. The van der Waals surface area contributed by atoms with E-state index in [4.69, 9.17) is 11.6 Å². The highest BCUT2D eigenvalue weighted by atomic mass is 35.5. The van der Waals surface area contributed by atoms with Crippen molar-refractivity contribution in [3.05, 3.63) is 47.7 Å². The van der Waals surface area contributed by atoms with Crippen molar-refractivity contribution in [1.82, 2.24) is 4.98 Å². The van der Waals surface area contributed by atoms with Crippen molar-refractivity contribution in [3.8, 4) is 0 Å². The van der Waals surface area contributed by atoms with Crippen LogP contribution in [0.2, 0.25) is 0 Å². The summed E-state index contributed by atoms with van der Waals surface area (Å²) in [6.45, 7) is 2.00. The Morgan fingerprint density at radius 1 is 1.27 bits per heavy atom. The molecule has 0 radical (unpaired) electrons. The van der Waals surface area contributed by atoms with Gasteiger partial charge in [0.1, 0.15) is 0 Å². The number of fused-ring (bicyclic) bond motifs is 1. The first kappa shape index (κ1) is 10.2. The van der Waals surface area contributed by atoms with Gasteiger partial charge < -0.3 is 0 Å². The van der Waals surface area contributed by atoms with Gasteiger partial charge in [-0.25, -0.2) is 0 Å². The first-order chi connectivity index (χ1) is 7.29. The molecule has 15 heavy (non-hydrogen) atoms. The second-order valence-electron chi connectivity index (χ2n) is 3.46. The van der Waals surface area contributed by atoms with E-state index in [1.54, 1.807) is 0 Å². The van der Waals surface area contributed by atoms with Crippen LogP contribution in [-0.2, 0) is 0 Å². The van der Waals surface area contributed by atoms with Gasteiger partial charge in [0, 0.05) is 17.0 Å². The van der Waals surface area contributed by atoms with Gasteiger partial charge in [0.2, 0.25) is 0 Å². The van der Waals surface area contributed by atoms with Crippen molar-refractivity contribution in [2.24, 2.45) is 0 Å². The molecule has 76 valence electrons. The van der Waals surface area contributed by atoms with Crippen LogP contribution in [0.25, 0.3) is 17.0 Å². The van der Waals surface area contributed by atoms with Gasteiger partial charge in [0.05, 0.1) is 5.52 Å². The Morgan fingerprint density at radius 2 is 2.13 bits per heavy atom. The van der Waals surface area contributed by atoms with E-state index in [2.05, 4.69) is 23.2 Å². The van der Waals surface area contributed by atoms with Crippen LogP contribution in [0, 0.1) is 6.92 Å². The summed E-state index contributed by atoms with van der Waals surface area (Å²) in [6, 6.07) is 10.3. The molecular weight excluding hydrogens is 206 g/mol. The number of rotatable bonds is 2. The average Bonchev–Trinajstić information content (AvgIpc) is 2.26. The number of hydrogen-bond donors (Lipinski definition) is 0. The van der Waals surface area contributed by atoms with Crippen LogP contribution in [0.15, 0.2) is 36.4 Å². The molecule has 1 aromatic heterocycles. The molecule has 1 nitrogen and oxygen atoms in total. The molecule has 0 saturated carbocycles. The summed E-state index contributed by atoms with van der Waals surface area (Å²) in [4.78, 5) is 4.45. The summed E-state index contributed by atoms with van der Waals surface area (Å²) >= 11 is 5.59. The van der Waals surface area contributed by atoms with Gasteiger partial charge in [0.25, 0.3) is 0 Å². The van der Waals surface area contributed by atoms with Gasteiger partial charge in [-0.2, -0.15) is 0 Å². The highest BCUT2D eigenvalue weighted by Crippen LogP contribution is 2.15. The molecule has 0 bridgehead atoms. The Balaban J connectivity index is 2.47. The fraction of sp³-hybridized carbons (Fsp3) is 0.154. The Morgan fingerprint density at radius 3 is 2.93 bits per heavy atom. The average molecular weight is 218 g/mol. The van der Waals surface area contributed by atoms with Crippen molar-refractivity contribution in [1.29, 1.82) is 0 Å². The molecule has 0 atom stereocenters. The van der Waals surface area contributed by atoms with E-state index in [1.807, 2.05) is 31.2 Å². The van der Waals surface area contributed by atoms with Crippen LogP contribution in [0.4, 0.5) is 0 Å². The molecule has 0 N–H and O–H groups in total. The molecule has 0 amide bonds. The quantitative estimate of drug-likeness (QED) is 0.698. The molecule has 2 aromatic rings. The van der Waals surface area contributed by atoms with E-state index in [0.29, 0.717) is 5.88 Å². The van der Waals surface area contributed by atoms with Gasteiger partial charge in [-0.15, -0.1) is 11.6 Å². The summed E-state index contributed by atoms with van der Waals surface area (Å²) in [5.74, 6) is 0.546. The minimum Gasteiger partial charge on any atom is -0.253 e. The lowest BCUT2D eigenvalue weighted by Crippen LogP contribution is -1.83. The van der Waals surface area contributed by atoms with Gasteiger partial charge in [0.15, 0.2) is 0 Å². The molecule has 0 unspecified atom stereocenters. The van der Waals surface area contributed by atoms with Crippen molar-refractivity contribution in [2.45, 2.75) is 6.92 Å². The van der Waals surface area contributed by atoms with E-state index in [9.17, 15) is 0 Å². The number of hydrogen-bond acceptors (Lipinski definition) is 1. The smallest absolute Gasteiger partial charge is 0.0705 e. The number of benzene rings is 1. The third-order valence-electron chi connectivity index (χ3n) is 2.25. The Kier molecular flexibility index (Phi) is 3.02. The molecule has 0 spiro atoms. The predicted octanol–water partition coefficient (Wildman–Crippen LogP) is 3.80. The number of aromatic nitrogens is 1. The molecule has 0 aliphatic rings. The van der Waals surface area contributed by atoms with Gasteiger partial charge >= 0.3 is 0 Å². The molecule has 1 aromatic carbocycles. The number of aryl methyl sites for hydroxylation is 1. The highest BCUT2D eigenvalue weighted by Gasteiger charge is 1.95. The zero-order chi connectivity index (χ0) is 10.7. The van der Waals surface area contributed by atoms with Crippen LogP contribution >= 0.6 is 11.6 Å². The monoisotopic (exact) mass is 217 g/mol. The number of halogens is 1. The van der Waals surface area contributed by atoms with Crippen LogP contribution in [0.5, 0.6) is 0 Å². The van der Waals surface area contributed by atoms with E-state index in [1.165, 1.54) is 0 Å². The van der Waals surface area contributed by atoms with Crippen LogP contribution < -0.4 is 0 Å². The fourth-order valence-corrected chi connectivity index (χ4v) is 1.62. The van der Waals surface area contributed by atoms with Crippen molar-refractivity contribution >= 4 is 28.6 Å². The SMILES string of the molecule is Cc1ccc2cc(/C=C/CCl)ccc2n1. The third-order valence-corrected chi connectivity index (χ3v) is 2.43.